The molecule has 0 aliphatic rings. The van der Waals surface area contributed by atoms with E-state index in [0.29, 0.717) is 11.3 Å². The first-order chi connectivity index (χ1) is 9.19. The lowest BCUT2D eigenvalue weighted by Crippen LogP contribution is -2.01. The molecule has 5 nitrogen and oxygen atoms in total. The molecule has 2 aromatic rings. The fourth-order valence-corrected chi connectivity index (χ4v) is 3.06. The molecule has 0 aliphatic carbocycles. The molecule has 0 fully saturated rings. The minimum atomic E-state index is 0.00482. The van der Waals surface area contributed by atoms with Crippen LogP contribution in [0.1, 0.15) is 17.3 Å². The number of hydrogen-bond donors (Lipinski definition) is 2. The van der Waals surface area contributed by atoms with Crippen LogP contribution in [0.4, 0.5) is 5.13 Å². The van der Waals surface area contributed by atoms with Crippen molar-refractivity contribution in [2.75, 3.05) is 17.6 Å². The van der Waals surface area contributed by atoms with Gasteiger partial charge in [0.1, 0.15) is 5.75 Å². The minimum absolute atomic E-state index is 0.00482. The van der Waals surface area contributed by atoms with Crippen molar-refractivity contribution in [3.05, 3.63) is 29.8 Å². The van der Waals surface area contributed by atoms with Crippen molar-refractivity contribution in [3.63, 3.8) is 0 Å². The van der Waals surface area contributed by atoms with Gasteiger partial charge in [0.25, 0.3) is 0 Å². The number of nitrogens with one attached hydrogen (secondary N) is 1. The molecule has 1 aromatic carbocycles. The standard InChI is InChI=1S/C12H13N3O2S2/c1-2-13-11-14-15-12(19-11)18-7-10(17)8-3-5-9(16)6-4-8/h3-6,16H,2,7H2,1H3,(H,13,14). The molecule has 0 atom stereocenters. The Balaban J connectivity index is 1.90. The summed E-state index contributed by atoms with van der Waals surface area (Å²) in [4.78, 5) is 11.9. The summed E-state index contributed by atoms with van der Waals surface area (Å²) in [6.45, 7) is 2.79. The second kappa shape index (κ2) is 6.53. The Morgan fingerprint density at radius 2 is 2.11 bits per heavy atom. The van der Waals surface area contributed by atoms with Crippen LogP contribution in [0, 0.1) is 0 Å². The van der Waals surface area contributed by atoms with Crippen molar-refractivity contribution in [2.24, 2.45) is 0 Å². The molecule has 0 amide bonds. The lowest BCUT2D eigenvalue weighted by Gasteiger charge is -1.99. The number of rotatable bonds is 6. The van der Waals surface area contributed by atoms with E-state index in [1.807, 2.05) is 6.92 Å². The number of ketones is 1. The van der Waals surface area contributed by atoms with Crippen LogP contribution < -0.4 is 5.32 Å². The number of benzene rings is 1. The number of phenols is 1. The molecule has 0 unspecified atom stereocenters. The van der Waals surface area contributed by atoms with E-state index < -0.39 is 0 Å². The average Bonchev–Trinajstić information content (AvgIpc) is 2.85. The van der Waals surface area contributed by atoms with Crippen molar-refractivity contribution >= 4 is 34.0 Å². The largest absolute Gasteiger partial charge is 0.508 e. The van der Waals surface area contributed by atoms with Gasteiger partial charge >= 0.3 is 0 Å². The van der Waals surface area contributed by atoms with Crippen molar-refractivity contribution in [1.29, 1.82) is 0 Å². The molecule has 0 aliphatic heterocycles. The van der Waals surface area contributed by atoms with Crippen molar-refractivity contribution in [3.8, 4) is 5.75 Å². The maximum absolute atomic E-state index is 11.9. The zero-order valence-corrected chi connectivity index (χ0v) is 11.9. The molecule has 0 radical (unpaired) electrons. The number of Topliss-reactive ketones (excluding diaryl/α,β-unsaturated/α-hetero) is 1. The van der Waals surface area contributed by atoms with Gasteiger partial charge in [0.05, 0.1) is 5.75 Å². The molecular formula is C12H13N3O2S2. The summed E-state index contributed by atoms with van der Waals surface area (Å²) in [7, 11) is 0. The highest BCUT2D eigenvalue weighted by Crippen LogP contribution is 2.26. The van der Waals surface area contributed by atoms with E-state index in [1.165, 1.54) is 35.2 Å². The first kappa shape index (κ1) is 13.8. The summed E-state index contributed by atoms with van der Waals surface area (Å²) in [6.07, 6.45) is 0. The summed E-state index contributed by atoms with van der Waals surface area (Å²) in [5.41, 5.74) is 0.585. The Kier molecular flexibility index (Phi) is 4.75. The number of aromatic hydroxyl groups is 1. The van der Waals surface area contributed by atoms with Gasteiger partial charge in [-0.05, 0) is 31.2 Å². The van der Waals surface area contributed by atoms with Gasteiger partial charge in [0.2, 0.25) is 5.13 Å². The van der Waals surface area contributed by atoms with Gasteiger partial charge in [0, 0.05) is 12.1 Å². The second-order valence-electron chi connectivity index (χ2n) is 3.66. The van der Waals surface area contributed by atoms with Crippen LogP contribution in [0.5, 0.6) is 5.75 Å². The summed E-state index contributed by atoms with van der Waals surface area (Å²) < 4.78 is 0.767. The Hall–Kier alpha value is -1.60. The monoisotopic (exact) mass is 295 g/mol. The number of carbonyl (C=O) groups excluding carboxylic acids is 1. The van der Waals surface area contributed by atoms with E-state index in [0.717, 1.165) is 16.0 Å². The van der Waals surface area contributed by atoms with Crippen LogP contribution in [0.15, 0.2) is 28.6 Å². The van der Waals surface area contributed by atoms with Crippen molar-refractivity contribution < 1.29 is 9.90 Å². The van der Waals surface area contributed by atoms with Crippen LogP contribution in [-0.4, -0.2) is 33.4 Å². The van der Waals surface area contributed by atoms with E-state index >= 15 is 0 Å². The molecule has 0 saturated heterocycles. The normalized spacial score (nSPS) is 10.4. The van der Waals surface area contributed by atoms with Gasteiger partial charge in [-0.3, -0.25) is 4.79 Å². The van der Waals surface area contributed by atoms with Gasteiger partial charge < -0.3 is 10.4 Å². The summed E-state index contributed by atoms with van der Waals surface area (Å²) in [5.74, 6) is 0.472. The smallest absolute Gasteiger partial charge is 0.206 e. The second-order valence-corrected chi connectivity index (χ2v) is 5.86. The van der Waals surface area contributed by atoms with Crippen LogP contribution in [-0.2, 0) is 0 Å². The van der Waals surface area contributed by atoms with E-state index in [9.17, 15) is 4.79 Å². The Morgan fingerprint density at radius 1 is 1.37 bits per heavy atom. The average molecular weight is 295 g/mol. The maximum Gasteiger partial charge on any atom is 0.206 e. The molecule has 1 heterocycles. The third kappa shape index (κ3) is 3.93. The molecule has 100 valence electrons. The lowest BCUT2D eigenvalue weighted by atomic mass is 10.1. The fourth-order valence-electron chi connectivity index (χ4n) is 1.35. The zero-order chi connectivity index (χ0) is 13.7. The lowest BCUT2D eigenvalue weighted by molar-refractivity contribution is 0.102. The number of anilines is 1. The molecule has 1 aromatic heterocycles. The highest BCUT2D eigenvalue weighted by molar-refractivity contribution is 8.01. The third-order valence-electron chi connectivity index (χ3n) is 2.25. The minimum Gasteiger partial charge on any atom is -0.508 e. The predicted molar refractivity (Wildman–Crippen MR) is 77.2 cm³/mol. The highest BCUT2D eigenvalue weighted by Gasteiger charge is 2.09. The molecule has 2 rings (SSSR count). The zero-order valence-electron chi connectivity index (χ0n) is 10.3. The topological polar surface area (TPSA) is 75.1 Å². The van der Waals surface area contributed by atoms with E-state index in [2.05, 4.69) is 15.5 Å². The first-order valence-electron chi connectivity index (χ1n) is 5.71. The van der Waals surface area contributed by atoms with Gasteiger partial charge in [-0.1, -0.05) is 23.1 Å². The van der Waals surface area contributed by atoms with E-state index in [1.54, 1.807) is 12.1 Å². The Labute approximate surface area is 119 Å². The molecular weight excluding hydrogens is 282 g/mol. The highest BCUT2D eigenvalue weighted by atomic mass is 32.2. The SMILES string of the molecule is CCNc1nnc(SCC(=O)c2ccc(O)cc2)s1. The van der Waals surface area contributed by atoms with Crippen molar-refractivity contribution in [1.82, 2.24) is 10.2 Å². The van der Waals surface area contributed by atoms with E-state index in [-0.39, 0.29) is 11.5 Å². The fraction of sp³-hybridized carbons (Fsp3) is 0.250. The predicted octanol–water partition coefficient (Wildman–Crippen LogP) is 2.65. The van der Waals surface area contributed by atoms with Gasteiger partial charge in [-0.2, -0.15) is 0 Å². The van der Waals surface area contributed by atoms with Gasteiger partial charge in [-0.15, -0.1) is 10.2 Å². The van der Waals surface area contributed by atoms with Crippen LogP contribution >= 0.6 is 23.1 Å². The number of nitrogens with zero attached hydrogens (tertiary/aromatic N) is 2. The Bertz CT molecular complexity index is 554. The number of phenolic OH excluding ortho intramolecular Hbond substituents is 1. The van der Waals surface area contributed by atoms with E-state index in [4.69, 9.17) is 5.11 Å². The maximum atomic E-state index is 11.9. The van der Waals surface area contributed by atoms with Crippen LogP contribution in [0.2, 0.25) is 0 Å². The molecule has 19 heavy (non-hydrogen) atoms. The summed E-state index contributed by atoms with van der Waals surface area (Å²) in [5, 5.41) is 20.9. The molecule has 2 N–H and O–H groups in total. The summed E-state index contributed by atoms with van der Waals surface area (Å²) >= 11 is 2.80. The first-order valence-corrected chi connectivity index (χ1v) is 7.51. The number of aromatic nitrogens is 2. The molecule has 0 spiro atoms. The molecule has 0 bridgehead atoms. The summed E-state index contributed by atoms with van der Waals surface area (Å²) in [6, 6.07) is 6.24. The third-order valence-corrected chi connectivity index (χ3v) is 4.26. The van der Waals surface area contributed by atoms with Crippen molar-refractivity contribution in [2.45, 2.75) is 11.3 Å². The van der Waals surface area contributed by atoms with Crippen LogP contribution in [0.3, 0.4) is 0 Å². The molecule has 0 saturated carbocycles. The number of hydrogen-bond acceptors (Lipinski definition) is 7. The van der Waals surface area contributed by atoms with Gasteiger partial charge in [0.15, 0.2) is 10.1 Å². The van der Waals surface area contributed by atoms with Gasteiger partial charge in [-0.25, -0.2) is 0 Å². The quantitative estimate of drug-likeness (QED) is 0.630. The van der Waals surface area contributed by atoms with Crippen LogP contribution in [0.25, 0.3) is 0 Å². The number of thioether (sulfide) groups is 1. The number of carbonyl (C=O) groups is 1. The Morgan fingerprint density at radius 3 is 2.79 bits per heavy atom. The molecule has 7 heteroatoms.